The SMILES string of the molecule is O=C(CCNCC(O)c1ccc(Cl)cc1)N1CCCCC1. The molecule has 1 aliphatic rings. The molecule has 0 radical (unpaired) electrons. The van der Waals surface area contributed by atoms with Gasteiger partial charge in [0.15, 0.2) is 0 Å². The molecule has 0 aliphatic carbocycles. The zero-order valence-corrected chi connectivity index (χ0v) is 13.0. The molecular formula is C16H23ClN2O2. The molecule has 1 unspecified atom stereocenters. The van der Waals surface area contributed by atoms with Crippen LogP contribution < -0.4 is 5.32 Å². The van der Waals surface area contributed by atoms with E-state index >= 15 is 0 Å². The van der Waals surface area contributed by atoms with Crippen molar-refractivity contribution in [3.05, 3.63) is 34.9 Å². The fourth-order valence-electron chi connectivity index (χ4n) is 2.54. The number of carbonyl (C=O) groups is 1. The second kappa shape index (κ2) is 8.37. The second-order valence-electron chi connectivity index (χ2n) is 5.46. The van der Waals surface area contributed by atoms with Crippen LogP contribution in [0.5, 0.6) is 0 Å². The molecule has 0 spiro atoms. The summed E-state index contributed by atoms with van der Waals surface area (Å²) in [6.07, 6.45) is 3.39. The summed E-state index contributed by atoms with van der Waals surface area (Å²) < 4.78 is 0. The standard InChI is InChI=1S/C16H23ClN2O2/c17-14-6-4-13(5-7-14)15(20)12-18-9-8-16(21)19-10-2-1-3-11-19/h4-7,15,18,20H,1-3,8-12H2. The van der Waals surface area contributed by atoms with Crippen LogP contribution >= 0.6 is 11.6 Å². The van der Waals surface area contributed by atoms with Gasteiger partial charge < -0.3 is 15.3 Å². The first-order valence-electron chi connectivity index (χ1n) is 7.59. The minimum absolute atomic E-state index is 0.211. The van der Waals surface area contributed by atoms with Gasteiger partial charge in [-0.2, -0.15) is 0 Å². The van der Waals surface area contributed by atoms with Gasteiger partial charge in [-0.05, 0) is 37.0 Å². The Bertz CT molecular complexity index is 444. The van der Waals surface area contributed by atoms with E-state index in [1.807, 2.05) is 17.0 Å². The largest absolute Gasteiger partial charge is 0.387 e. The summed E-state index contributed by atoms with van der Waals surface area (Å²) in [4.78, 5) is 13.9. The summed E-state index contributed by atoms with van der Waals surface area (Å²) in [7, 11) is 0. The van der Waals surface area contributed by atoms with Crippen molar-refractivity contribution >= 4 is 17.5 Å². The molecule has 4 nitrogen and oxygen atoms in total. The van der Waals surface area contributed by atoms with Crippen molar-refractivity contribution in [1.29, 1.82) is 0 Å². The van der Waals surface area contributed by atoms with Crippen molar-refractivity contribution in [3.63, 3.8) is 0 Å². The first-order valence-corrected chi connectivity index (χ1v) is 7.96. The second-order valence-corrected chi connectivity index (χ2v) is 5.90. The summed E-state index contributed by atoms with van der Waals surface area (Å²) in [5.41, 5.74) is 0.828. The maximum Gasteiger partial charge on any atom is 0.223 e. The number of nitrogens with one attached hydrogen (secondary N) is 1. The van der Waals surface area contributed by atoms with Crippen molar-refractivity contribution in [2.24, 2.45) is 0 Å². The summed E-state index contributed by atoms with van der Waals surface area (Å²) in [6, 6.07) is 7.15. The third-order valence-corrected chi connectivity index (χ3v) is 4.07. The number of rotatable bonds is 6. The van der Waals surface area contributed by atoms with E-state index in [2.05, 4.69) is 5.32 Å². The Hall–Kier alpha value is -1.10. The molecule has 2 rings (SSSR count). The van der Waals surface area contributed by atoms with Crippen LogP contribution in [0.1, 0.15) is 37.4 Å². The van der Waals surface area contributed by atoms with Gasteiger partial charge in [0.1, 0.15) is 0 Å². The fraction of sp³-hybridized carbons (Fsp3) is 0.562. The smallest absolute Gasteiger partial charge is 0.223 e. The molecule has 1 aliphatic heterocycles. The highest BCUT2D eigenvalue weighted by Crippen LogP contribution is 2.15. The molecule has 1 aromatic carbocycles. The van der Waals surface area contributed by atoms with Gasteiger partial charge >= 0.3 is 0 Å². The zero-order chi connectivity index (χ0) is 15.1. The maximum atomic E-state index is 12.0. The molecule has 1 heterocycles. The number of hydrogen-bond acceptors (Lipinski definition) is 3. The molecule has 1 amide bonds. The van der Waals surface area contributed by atoms with Gasteiger partial charge in [0.25, 0.3) is 0 Å². The number of amides is 1. The molecule has 1 atom stereocenters. The summed E-state index contributed by atoms with van der Waals surface area (Å²) in [6.45, 7) is 2.83. The van der Waals surface area contributed by atoms with Crippen LogP contribution in [0, 0.1) is 0 Å². The van der Waals surface area contributed by atoms with Gasteiger partial charge in [-0.15, -0.1) is 0 Å². The number of aliphatic hydroxyl groups excluding tert-OH is 1. The average Bonchev–Trinajstić information content (AvgIpc) is 2.52. The Morgan fingerprint density at radius 1 is 1.24 bits per heavy atom. The Balaban J connectivity index is 1.64. The Morgan fingerprint density at radius 2 is 1.90 bits per heavy atom. The van der Waals surface area contributed by atoms with Crippen LogP contribution in [0.15, 0.2) is 24.3 Å². The Morgan fingerprint density at radius 3 is 2.57 bits per heavy atom. The number of likely N-dealkylation sites (tertiary alicyclic amines) is 1. The normalized spacial score (nSPS) is 16.8. The molecule has 116 valence electrons. The third-order valence-electron chi connectivity index (χ3n) is 3.82. The first-order chi connectivity index (χ1) is 10.2. The van der Waals surface area contributed by atoms with Gasteiger partial charge in [-0.3, -0.25) is 4.79 Å². The molecule has 1 fully saturated rings. The van der Waals surface area contributed by atoms with Crippen molar-refractivity contribution in [2.75, 3.05) is 26.2 Å². The lowest BCUT2D eigenvalue weighted by Crippen LogP contribution is -2.37. The fourth-order valence-corrected chi connectivity index (χ4v) is 2.66. The predicted octanol–water partition coefficient (Wildman–Crippen LogP) is 2.37. The molecule has 21 heavy (non-hydrogen) atoms. The summed E-state index contributed by atoms with van der Waals surface area (Å²) in [5.74, 6) is 0.211. The molecule has 0 saturated carbocycles. The van der Waals surface area contributed by atoms with E-state index in [9.17, 15) is 9.90 Å². The number of piperidine rings is 1. The minimum Gasteiger partial charge on any atom is -0.387 e. The van der Waals surface area contributed by atoms with Crippen LogP contribution in [0.3, 0.4) is 0 Å². The van der Waals surface area contributed by atoms with Gasteiger partial charge in [0.2, 0.25) is 5.91 Å². The van der Waals surface area contributed by atoms with E-state index in [1.165, 1.54) is 6.42 Å². The van der Waals surface area contributed by atoms with Gasteiger partial charge in [0, 0.05) is 37.6 Å². The van der Waals surface area contributed by atoms with Crippen LogP contribution in [0.4, 0.5) is 0 Å². The number of nitrogens with zero attached hydrogens (tertiary/aromatic N) is 1. The van der Waals surface area contributed by atoms with Crippen LogP contribution in [0.2, 0.25) is 5.02 Å². The third kappa shape index (κ3) is 5.30. The molecule has 5 heteroatoms. The lowest BCUT2D eigenvalue weighted by Gasteiger charge is -2.26. The molecular weight excluding hydrogens is 288 g/mol. The number of halogens is 1. The lowest BCUT2D eigenvalue weighted by atomic mass is 10.1. The highest BCUT2D eigenvalue weighted by molar-refractivity contribution is 6.30. The van der Waals surface area contributed by atoms with E-state index < -0.39 is 6.10 Å². The predicted molar refractivity (Wildman–Crippen MR) is 84.3 cm³/mol. The Kier molecular flexibility index (Phi) is 6.49. The van der Waals surface area contributed by atoms with Gasteiger partial charge in [-0.25, -0.2) is 0 Å². The topological polar surface area (TPSA) is 52.6 Å². The lowest BCUT2D eigenvalue weighted by molar-refractivity contribution is -0.132. The molecule has 1 saturated heterocycles. The van der Waals surface area contributed by atoms with Gasteiger partial charge in [0.05, 0.1) is 6.10 Å². The van der Waals surface area contributed by atoms with E-state index in [4.69, 9.17) is 11.6 Å². The summed E-state index contributed by atoms with van der Waals surface area (Å²) >= 11 is 5.81. The van der Waals surface area contributed by atoms with Crippen LogP contribution in [-0.2, 0) is 4.79 Å². The first kappa shape index (κ1) is 16.3. The average molecular weight is 311 g/mol. The van der Waals surface area contributed by atoms with Crippen molar-refractivity contribution in [3.8, 4) is 0 Å². The summed E-state index contributed by atoms with van der Waals surface area (Å²) in [5, 5.41) is 13.8. The van der Waals surface area contributed by atoms with E-state index in [0.717, 1.165) is 31.5 Å². The highest BCUT2D eigenvalue weighted by atomic mass is 35.5. The quantitative estimate of drug-likeness (QED) is 0.793. The van der Waals surface area contributed by atoms with E-state index in [1.54, 1.807) is 12.1 Å². The van der Waals surface area contributed by atoms with Crippen LogP contribution in [-0.4, -0.2) is 42.1 Å². The maximum absolute atomic E-state index is 12.0. The Labute approximate surface area is 131 Å². The zero-order valence-electron chi connectivity index (χ0n) is 12.2. The minimum atomic E-state index is -0.577. The number of aliphatic hydroxyl groups is 1. The van der Waals surface area contributed by atoms with Crippen molar-refractivity contribution < 1.29 is 9.90 Å². The van der Waals surface area contributed by atoms with Crippen LogP contribution in [0.25, 0.3) is 0 Å². The van der Waals surface area contributed by atoms with E-state index in [-0.39, 0.29) is 5.91 Å². The number of hydrogen-bond donors (Lipinski definition) is 2. The molecule has 1 aromatic rings. The molecule has 0 aromatic heterocycles. The van der Waals surface area contributed by atoms with Crippen molar-refractivity contribution in [2.45, 2.75) is 31.8 Å². The monoisotopic (exact) mass is 310 g/mol. The molecule has 2 N–H and O–H groups in total. The number of benzene rings is 1. The van der Waals surface area contributed by atoms with Gasteiger partial charge in [-0.1, -0.05) is 23.7 Å². The number of carbonyl (C=O) groups excluding carboxylic acids is 1. The van der Waals surface area contributed by atoms with Crippen molar-refractivity contribution in [1.82, 2.24) is 10.2 Å². The molecule has 0 bridgehead atoms. The highest BCUT2D eigenvalue weighted by Gasteiger charge is 2.15. The van der Waals surface area contributed by atoms with E-state index in [0.29, 0.717) is 24.5 Å².